The molecule has 2 aliphatic heterocycles. The quantitative estimate of drug-likeness (QED) is 0.851. The maximum absolute atomic E-state index is 13.5. The third-order valence-corrected chi connectivity index (χ3v) is 4.77. The van der Waals surface area contributed by atoms with E-state index < -0.39 is 12.0 Å². The molecule has 6 heteroatoms. The molecule has 120 valence electrons. The number of halogens is 3. The molecule has 3 nitrogen and oxygen atoms in total. The van der Waals surface area contributed by atoms with Gasteiger partial charge in [0.25, 0.3) is 0 Å². The van der Waals surface area contributed by atoms with E-state index in [9.17, 15) is 13.6 Å². The topological polar surface area (TPSA) is 23.6 Å². The molecule has 1 aromatic carbocycles. The first-order chi connectivity index (χ1) is 10.5. The molecule has 2 heterocycles. The second kappa shape index (κ2) is 6.50. The molecule has 0 N–H and O–H groups in total. The Morgan fingerprint density at radius 1 is 1.27 bits per heavy atom. The average molecular weight is 329 g/mol. The number of likely N-dealkylation sites (tertiary alicyclic amines) is 2. The number of alkyl halides is 1. The fourth-order valence-electron chi connectivity index (χ4n) is 3.31. The molecule has 2 aliphatic rings. The Morgan fingerprint density at radius 2 is 2.09 bits per heavy atom. The lowest BCUT2D eigenvalue weighted by molar-refractivity contribution is -0.133. The molecule has 2 atom stereocenters. The summed E-state index contributed by atoms with van der Waals surface area (Å²) in [4.78, 5) is 16.2. The smallest absolute Gasteiger partial charge is 0.240 e. The lowest BCUT2D eigenvalue weighted by atomic mass is 10.1. The number of benzene rings is 1. The maximum Gasteiger partial charge on any atom is 0.240 e. The summed E-state index contributed by atoms with van der Waals surface area (Å²) >= 11 is 5.67. The molecule has 1 amide bonds. The van der Waals surface area contributed by atoms with Crippen molar-refractivity contribution in [1.82, 2.24) is 9.80 Å². The number of rotatable bonds is 3. The fraction of sp³-hybridized carbons (Fsp3) is 0.562. The number of nitrogens with zero attached hydrogens (tertiary/aromatic N) is 2. The van der Waals surface area contributed by atoms with Crippen LogP contribution in [0.15, 0.2) is 18.2 Å². The largest absolute Gasteiger partial charge is 0.337 e. The van der Waals surface area contributed by atoms with Crippen LogP contribution in [0.25, 0.3) is 0 Å². The summed E-state index contributed by atoms with van der Waals surface area (Å²) in [7, 11) is 0. The Morgan fingerprint density at radius 3 is 2.82 bits per heavy atom. The van der Waals surface area contributed by atoms with Gasteiger partial charge >= 0.3 is 0 Å². The number of piperidine rings is 1. The van der Waals surface area contributed by atoms with Gasteiger partial charge in [-0.3, -0.25) is 9.69 Å². The van der Waals surface area contributed by atoms with E-state index in [1.165, 1.54) is 12.1 Å². The van der Waals surface area contributed by atoms with Crippen LogP contribution in [0.1, 0.15) is 24.8 Å². The third kappa shape index (κ3) is 3.25. The highest BCUT2D eigenvalue weighted by atomic mass is 35.5. The van der Waals surface area contributed by atoms with Gasteiger partial charge in [-0.2, -0.15) is 0 Å². The Balaban J connectivity index is 1.64. The molecule has 2 saturated heterocycles. The predicted molar refractivity (Wildman–Crippen MR) is 80.9 cm³/mol. The molecular weight excluding hydrogens is 310 g/mol. The van der Waals surface area contributed by atoms with Gasteiger partial charge < -0.3 is 4.90 Å². The monoisotopic (exact) mass is 328 g/mol. The summed E-state index contributed by atoms with van der Waals surface area (Å²) in [5.41, 5.74) is 0.720. The summed E-state index contributed by atoms with van der Waals surface area (Å²) in [6, 6.07) is 4.37. The molecule has 0 saturated carbocycles. The van der Waals surface area contributed by atoms with Crippen LogP contribution in [0.2, 0.25) is 5.02 Å². The minimum atomic E-state index is -0.832. The Labute approximate surface area is 133 Å². The second-order valence-corrected chi connectivity index (χ2v) is 6.45. The van der Waals surface area contributed by atoms with Crippen molar-refractivity contribution in [2.75, 3.05) is 19.6 Å². The van der Waals surface area contributed by atoms with E-state index in [1.807, 2.05) is 4.90 Å². The number of hydrogen-bond acceptors (Lipinski definition) is 2. The van der Waals surface area contributed by atoms with Crippen molar-refractivity contribution >= 4 is 17.5 Å². The highest BCUT2D eigenvalue weighted by Crippen LogP contribution is 2.24. The van der Waals surface area contributed by atoms with E-state index in [4.69, 9.17) is 11.6 Å². The van der Waals surface area contributed by atoms with Crippen LogP contribution in [0, 0.1) is 5.82 Å². The zero-order valence-corrected chi connectivity index (χ0v) is 13.0. The van der Waals surface area contributed by atoms with Gasteiger partial charge in [-0.1, -0.05) is 17.7 Å². The zero-order chi connectivity index (χ0) is 15.7. The molecular formula is C16H19ClF2N2O. The van der Waals surface area contributed by atoms with Gasteiger partial charge in [0.2, 0.25) is 5.91 Å². The van der Waals surface area contributed by atoms with Crippen LogP contribution >= 0.6 is 11.6 Å². The van der Waals surface area contributed by atoms with E-state index >= 15 is 0 Å². The minimum absolute atomic E-state index is 0.0180. The predicted octanol–water partition coefficient (Wildman–Crippen LogP) is 3.01. The summed E-state index contributed by atoms with van der Waals surface area (Å²) in [5, 5.41) is 0.0803. The van der Waals surface area contributed by atoms with Crippen LogP contribution in [0.5, 0.6) is 0 Å². The molecule has 1 aromatic rings. The van der Waals surface area contributed by atoms with Crippen molar-refractivity contribution in [1.29, 1.82) is 0 Å². The number of amides is 1. The SMILES string of the molecule is O=C1[C@H](N2CCC[C@@H](F)C2)CCN1Cc1ccc(Cl)c(F)c1. The molecule has 0 radical (unpaired) electrons. The van der Waals surface area contributed by atoms with Gasteiger partial charge in [-0.25, -0.2) is 8.78 Å². The van der Waals surface area contributed by atoms with E-state index in [0.717, 1.165) is 18.5 Å². The number of carbonyl (C=O) groups excluding carboxylic acids is 1. The molecule has 3 rings (SSSR count). The third-order valence-electron chi connectivity index (χ3n) is 4.46. The molecule has 0 bridgehead atoms. The van der Waals surface area contributed by atoms with Crippen LogP contribution in [0.3, 0.4) is 0 Å². The van der Waals surface area contributed by atoms with Crippen molar-refractivity contribution in [2.24, 2.45) is 0 Å². The first-order valence-electron chi connectivity index (χ1n) is 7.65. The van der Waals surface area contributed by atoms with Crippen molar-refractivity contribution in [2.45, 2.75) is 38.0 Å². The van der Waals surface area contributed by atoms with Crippen molar-refractivity contribution in [3.63, 3.8) is 0 Å². The van der Waals surface area contributed by atoms with Crippen LogP contribution in [0.4, 0.5) is 8.78 Å². The molecule has 0 unspecified atom stereocenters. The summed E-state index contributed by atoms with van der Waals surface area (Å²) < 4.78 is 27.0. The van der Waals surface area contributed by atoms with Crippen molar-refractivity contribution in [3.8, 4) is 0 Å². The normalized spacial score (nSPS) is 26.7. The summed E-state index contributed by atoms with van der Waals surface area (Å²) in [6.07, 6.45) is 1.26. The molecule has 0 aromatic heterocycles. The molecule has 0 aliphatic carbocycles. The van der Waals surface area contributed by atoms with Crippen LogP contribution in [-0.2, 0) is 11.3 Å². The average Bonchev–Trinajstić information content (AvgIpc) is 2.84. The highest BCUT2D eigenvalue weighted by Gasteiger charge is 2.37. The van der Waals surface area contributed by atoms with E-state index in [2.05, 4.69) is 0 Å². The number of hydrogen-bond donors (Lipinski definition) is 0. The van der Waals surface area contributed by atoms with Gasteiger partial charge in [0.15, 0.2) is 0 Å². The molecule has 22 heavy (non-hydrogen) atoms. The Hall–Kier alpha value is -1.20. The standard InChI is InChI=1S/C16H19ClF2N2O/c17-13-4-3-11(8-14(13)19)9-21-7-5-15(16(21)22)20-6-1-2-12(18)10-20/h3-4,8,12,15H,1-2,5-7,9-10H2/t12-,15-/m1/s1. The lowest BCUT2D eigenvalue weighted by Crippen LogP contribution is -2.47. The highest BCUT2D eigenvalue weighted by molar-refractivity contribution is 6.30. The fourth-order valence-corrected chi connectivity index (χ4v) is 3.43. The van der Waals surface area contributed by atoms with Gasteiger partial charge in [0, 0.05) is 19.6 Å². The Kier molecular flexibility index (Phi) is 4.64. The molecule has 2 fully saturated rings. The van der Waals surface area contributed by atoms with Crippen LogP contribution in [-0.4, -0.2) is 47.6 Å². The van der Waals surface area contributed by atoms with Gasteiger partial charge in [-0.15, -0.1) is 0 Å². The van der Waals surface area contributed by atoms with Gasteiger partial charge in [0.1, 0.15) is 12.0 Å². The summed E-state index contributed by atoms with van der Waals surface area (Å²) in [6.45, 7) is 2.12. The molecule has 0 spiro atoms. The van der Waals surface area contributed by atoms with E-state index in [-0.39, 0.29) is 17.0 Å². The zero-order valence-electron chi connectivity index (χ0n) is 12.3. The first-order valence-corrected chi connectivity index (χ1v) is 8.03. The maximum atomic E-state index is 13.5. The van der Waals surface area contributed by atoms with Gasteiger partial charge in [-0.05, 0) is 43.5 Å². The minimum Gasteiger partial charge on any atom is -0.337 e. The van der Waals surface area contributed by atoms with Gasteiger partial charge in [0.05, 0.1) is 11.1 Å². The van der Waals surface area contributed by atoms with E-state index in [0.29, 0.717) is 32.5 Å². The van der Waals surface area contributed by atoms with Crippen LogP contribution < -0.4 is 0 Å². The second-order valence-electron chi connectivity index (χ2n) is 6.05. The lowest BCUT2D eigenvalue weighted by Gasteiger charge is -2.32. The van der Waals surface area contributed by atoms with Crippen molar-refractivity contribution in [3.05, 3.63) is 34.6 Å². The van der Waals surface area contributed by atoms with E-state index in [1.54, 1.807) is 11.0 Å². The number of carbonyl (C=O) groups is 1. The summed E-state index contributed by atoms with van der Waals surface area (Å²) in [5.74, 6) is -0.455. The van der Waals surface area contributed by atoms with Crippen molar-refractivity contribution < 1.29 is 13.6 Å². The first kappa shape index (κ1) is 15.7. The Bertz CT molecular complexity index is 569.